The van der Waals surface area contributed by atoms with E-state index >= 15 is 0 Å². The van der Waals surface area contributed by atoms with Gasteiger partial charge in [0, 0.05) is 35.9 Å². The maximum absolute atomic E-state index is 13.5. The van der Waals surface area contributed by atoms with Crippen LogP contribution in [0.4, 0.5) is 16.2 Å². The van der Waals surface area contributed by atoms with Crippen LogP contribution in [0.3, 0.4) is 0 Å². The predicted octanol–water partition coefficient (Wildman–Crippen LogP) is 7.17. The van der Waals surface area contributed by atoms with Crippen molar-refractivity contribution >= 4 is 58.7 Å². The third-order valence-electron chi connectivity index (χ3n) is 8.96. The number of rotatable bonds is 7. The van der Waals surface area contributed by atoms with E-state index < -0.39 is 20.0 Å². The fraction of sp³-hybridized carbons (Fsp3) is 0.545. The molecule has 0 aromatic carbocycles. The van der Waals surface area contributed by atoms with Gasteiger partial charge in [-0.15, -0.1) is 0 Å². The van der Waals surface area contributed by atoms with Gasteiger partial charge in [-0.25, -0.2) is 9.78 Å². The zero-order valence-corrected chi connectivity index (χ0v) is 30.1. The Morgan fingerprint density at radius 2 is 1.76 bits per heavy atom. The molecule has 2 fully saturated rings. The van der Waals surface area contributed by atoms with Crippen LogP contribution in [0.25, 0.3) is 11.0 Å². The molecule has 3 aromatic rings. The summed E-state index contributed by atoms with van der Waals surface area (Å²) in [5.74, 6) is 0.349. The minimum atomic E-state index is -2.18. The van der Waals surface area contributed by atoms with Crippen LogP contribution in [0.2, 0.25) is 18.1 Å². The van der Waals surface area contributed by atoms with Crippen LogP contribution in [0.1, 0.15) is 64.9 Å². The number of alkyl carbamates (subject to hydrolysis) is 1. The number of hydrogen-bond donors (Lipinski definition) is 2. The molecule has 0 radical (unpaired) electrons. The monoisotopic (exact) mass is 696 g/mol. The number of carbonyl (C=O) groups excluding carboxylic acids is 2. The van der Waals surface area contributed by atoms with E-state index in [0.717, 1.165) is 29.5 Å². The molecule has 242 valence electrons. The second-order valence-corrected chi connectivity index (χ2v) is 20.4. The Morgan fingerprint density at radius 1 is 1.02 bits per heavy atom. The second-order valence-electron chi connectivity index (χ2n) is 14.7. The first-order valence-electron chi connectivity index (χ1n) is 15.6. The molecule has 3 atom stereocenters. The number of amides is 2. The Kier molecular flexibility index (Phi) is 9.32. The quantitative estimate of drug-likeness (QED) is 0.250. The molecule has 0 unspecified atom stereocenters. The lowest BCUT2D eigenvalue weighted by atomic mass is 9.86. The van der Waals surface area contributed by atoms with Crippen molar-refractivity contribution in [1.82, 2.24) is 20.3 Å². The van der Waals surface area contributed by atoms with Crippen molar-refractivity contribution in [3.8, 4) is 0 Å². The number of nitrogens with zero attached hydrogens (tertiary/aromatic N) is 4. The molecule has 3 aromatic heterocycles. The molecule has 4 heterocycles. The Morgan fingerprint density at radius 3 is 2.42 bits per heavy atom. The third-order valence-corrected chi connectivity index (χ3v) is 13.9. The fourth-order valence-electron chi connectivity index (χ4n) is 5.54. The van der Waals surface area contributed by atoms with Gasteiger partial charge in [-0.3, -0.25) is 14.8 Å². The molecule has 12 heteroatoms. The van der Waals surface area contributed by atoms with Crippen molar-refractivity contribution < 1.29 is 18.8 Å². The minimum absolute atomic E-state index is 0.0141. The Labute approximate surface area is 275 Å². The number of aromatic nitrogens is 3. The maximum Gasteiger partial charge on any atom is 0.408 e. The van der Waals surface area contributed by atoms with Gasteiger partial charge in [-0.05, 0) is 97.9 Å². The SMILES string of the molecule is CC(C)(C)OC(=O)N[C@@H]1CN(c2ccncc2NC(=O)c2ccc3ncc(Br)cc3n2)C[C@H](C2CC2)[C@H]1O[Si](C)(C)C(C)(C)C. The van der Waals surface area contributed by atoms with E-state index in [1.54, 1.807) is 30.7 Å². The van der Waals surface area contributed by atoms with Crippen molar-refractivity contribution in [2.75, 3.05) is 23.3 Å². The lowest BCUT2D eigenvalue weighted by Crippen LogP contribution is -2.63. The van der Waals surface area contributed by atoms with Crippen LogP contribution >= 0.6 is 15.9 Å². The van der Waals surface area contributed by atoms with Crippen molar-refractivity contribution in [3.05, 3.63) is 53.0 Å². The zero-order chi connectivity index (χ0) is 32.7. The summed E-state index contributed by atoms with van der Waals surface area (Å²) in [5.41, 5.74) is 2.38. The summed E-state index contributed by atoms with van der Waals surface area (Å²) in [4.78, 5) is 42.1. The maximum atomic E-state index is 13.5. The summed E-state index contributed by atoms with van der Waals surface area (Å²) >= 11 is 3.43. The van der Waals surface area contributed by atoms with Gasteiger partial charge in [0.15, 0.2) is 8.32 Å². The van der Waals surface area contributed by atoms with Crippen LogP contribution in [-0.2, 0) is 9.16 Å². The summed E-state index contributed by atoms with van der Waals surface area (Å²) in [6.07, 6.45) is 6.74. The van der Waals surface area contributed by atoms with Crippen LogP contribution in [0, 0.1) is 11.8 Å². The number of anilines is 2. The molecule has 2 amide bonds. The smallest absolute Gasteiger partial charge is 0.408 e. The van der Waals surface area contributed by atoms with Gasteiger partial charge in [0.2, 0.25) is 0 Å². The van der Waals surface area contributed by atoms with E-state index in [4.69, 9.17) is 9.16 Å². The number of nitrogens with one attached hydrogen (secondary N) is 2. The van der Waals surface area contributed by atoms with Gasteiger partial charge in [0.1, 0.15) is 11.3 Å². The highest BCUT2D eigenvalue weighted by Crippen LogP contribution is 2.46. The molecule has 45 heavy (non-hydrogen) atoms. The van der Waals surface area contributed by atoms with Crippen LogP contribution < -0.4 is 15.5 Å². The van der Waals surface area contributed by atoms with E-state index in [2.05, 4.69) is 80.3 Å². The number of ether oxygens (including phenoxy) is 1. The van der Waals surface area contributed by atoms with Crippen molar-refractivity contribution in [3.63, 3.8) is 0 Å². The molecular weight excluding hydrogens is 652 g/mol. The summed E-state index contributed by atoms with van der Waals surface area (Å²) in [5, 5.41) is 6.25. The first kappa shape index (κ1) is 33.3. The van der Waals surface area contributed by atoms with E-state index in [9.17, 15) is 9.59 Å². The predicted molar refractivity (Wildman–Crippen MR) is 183 cm³/mol. The normalized spacial score (nSPS) is 21.0. The average Bonchev–Trinajstić information content (AvgIpc) is 3.77. The summed E-state index contributed by atoms with van der Waals surface area (Å²) in [6.45, 7) is 18.1. The van der Waals surface area contributed by atoms with Gasteiger partial charge in [-0.1, -0.05) is 20.8 Å². The van der Waals surface area contributed by atoms with Crippen molar-refractivity contribution in [2.24, 2.45) is 11.8 Å². The molecule has 2 aliphatic rings. The molecule has 1 saturated heterocycles. The lowest BCUT2D eigenvalue weighted by Gasteiger charge is -2.49. The topological polar surface area (TPSA) is 119 Å². The molecule has 2 N–H and O–H groups in total. The van der Waals surface area contributed by atoms with Gasteiger partial charge in [0.05, 0.1) is 40.8 Å². The first-order chi connectivity index (χ1) is 21.0. The highest BCUT2D eigenvalue weighted by atomic mass is 79.9. The van der Waals surface area contributed by atoms with Crippen molar-refractivity contribution in [2.45, 2.75) is 90.3 Å². The number of fused-ring (bicyclic) bond motifs is 1. The lowest BCUT2D eigenvalue weighted by molar-refractivity contribution is 0.0277. The number of carbonyl (C=O) groups is 2. The first-order valence-corrected chi connectivity index (χ1v) is 19.3. The molecule has 0 bridgehead atoms. The molecular formula is C33H45BrN6O4Si. The van der Waals surface area contributed by atoms with Gasteiger partial charge in [-0.2, -0.15) is 0 Å². The summed E-state index contributed by atoms with van der Waals surface area (Å²) < 4.78 is 13.6. The molecule has 0 spiro atoms. The molecule has 1 aliphatic heterocycles. The summed E-state index contributed by atoms with van der Waals surface area (Å²) in [6, 6.07) is 6.88. The molecule has 1 saturated carbocycles. The Hall–Kier alpha value is -3.09. The number of piperidine rings is 1. The van der Waals surface area contributed by atoms with Crippen molar-refractivity contribution in [1.29, 1.82) is 0 Å². The summed E-state index contributed by atoms with van der Waals surface area (Å²) in [7, 11) is -2.18. The van der Waals surface area contributed by atoms with Gasteiger partial charge < -0.3 is 24.7 Å². The fourth-order valence-corrected chi connectivity index (χ4v) is 7.23. The second kappa shape index (κ2) is 12.6. The number of hydrogen-bond acceptors (Lipinski definition) is 8. The van der Waals surface area contributed by atoms with E-state index in [-0.39, 0.29) is 34.7 Å². The highest BCUT2D eigenvalue weighted by molar-refractivity contribution is 9.10. The van der Waals surface area contributed by atoms with E-state index in [1.165, 1.54) is 0 Å². The average molecular weight is 698 g/mol. The van der Waals surface area contributed by atoms with Crippen LogP contribution in [0.5, 0.6) is 0 Å². The molecule has 10 nitrogen and oxygen atoms in total. The molecule has 5 rings (SSSR count). The highest BCUT2D eigenvalue weighted by Gasteiger charge is 2.50. The molecule has 1 aliphatic carbocycles. The standard InChI is InChI=1S/C33H45BrN6O4Si/c1-32(2,3)43-31(42)39-27-19-40(18-22(20-9-10-20)29(27)44-45(7,8)33(4,5)6)28-13-14-35-17-26(28)38-30(41)24-12-11-23-25(37-24)15-21(34)16-36-23/h11-17,20,22,27,29H,9-10,18-19H2,1-8H3,(H,38,41)(H,39,42)/t22-,27-,29-/m1/s1. The number of halogens is 1. The number of pyridine rings is 3. The Balaban J connectivity index is 1.44. The third kappa shape index (κ3) is 8.01. The van der Waals surface area contributed by atoms with Gasteiger partial charge >= 0.3 is 6.09 Å². The zero-order valence-electron chi connectivity index (χ0n) is 27.5. The largest absolute Gasteiger partial charge is 0.444 e. The van der Waals surface area contributed by atoms with Crippen LogP contribution in [-0.4, -0.2) is 66.1 Å². The van der Waals surface area contributed by atoms with E-state index in [1.807, 2.05) is 32.9 Å². The van der Waals surface area contributed by atoms with E-state index in [0.29, 0.717) is 29.2 Å². The minimum Gasteiger partial charge on any atom is -0.444 e. The Bertz CT molecular complexity index is 1570. The van der Waals surface area contributed by atoms with Crippen LogP contribution in [0.15, 0.2) is 47.3 Å². The van der Waals surface area contributed by atoms with Gasteiger partial charge in [0.25, 0.3) is 5.91 Å².